The zero-order chi connectivity index (χ0) is 14.7. The minimum absolute atomic E-state index is 0.231. The van der Waals surface area contributed by atoms with Crippen molar-refractivity contribution in [3.63, 3.8) is 0 Å². The quantitative estimate of drug-likeness (QED) is 0.930. The Bertz CT molecular complexity index is 685. The summed E-state index contributed by atoms with van der Waals surface area (Å²) in [5.74, 6) is 0.185. The van der Waals surface area contributed by atoms with Crippen molar-refractivity contribution in [2.75, 3.05) is 5.73 Å². The average Bonchev–Trinajstić information content (AvgIpc) is 2.42. The number of pyridine rings is 1. The number of nitrogens with two attached hydrogens (primary N) is 1. The predicted molar refractivity (Wildman–Crippen MR) is 76.5 cm³/mol. The zero-order valence-corrected chi connectivity index (χ0v) is 12.2. The zero-order valence-electron chi connectivity index (χ0n) is 10.6. The van der Waals surface area contributed by atoms with Gasteiger partial charge in [-0.25, -0.2) is 9.37 Å². The minimum Gasteiger partial charge on any atom is -0.482 e. The summed E-state index contributed by atoms with van der Waals surface area (Å²) in [5, 5.41) is 9.05. The molecule has 0 fully saturated rings. The van der Waals surface area contributed by atoms with E-state index in [1.807, 2.05) is 6.07 Å². The van der Waals surface area contributed by atoms with Gasteiger partial charge in [0, 0.05) is 16.2 Å². The highest BCUT2D eigenvalue weighted by molar-refractivity contribution is 9.10. The fraction of sp³-hybridized carbons (Fsp3) is 0.143. The average molecular weight is 336 g/mol. The summed E-state index contributed by atoms with van der Waals surface area (Å²) in [6, 6.07) is 7.63. The van der Waals surface area contributed by atoms with Crippen LogP contribution >= 0.6 is 15.9 Å². The summed E-state index contributed by atoms with van der Waals surface area (Å²) < 4.78 is 19.7. The van der Waals surface area contributed by atoms with E-state index in [1.54, 1.807) is 19.2 Å². The lowest BCUT2D eigenvalue weighted by molar-refractivity contribution is 0.226. The van der Waals surface area contributed by atoms with Crippen LogP contribution in [0.15, 0.2) is 34.9 Å². The van der Waals surface area contributed by atoms with E-state index in [0.29, 0.717) is 21.3 Å². The molecule has 1 atom stereocenters. The summed E-state index contributed by atoms with van der Waals surface area (Å²) in [5.41, 5.74) is 6.55. The van der Waals surface area contributed by atoms with Crippen LogP contribution in [-0.2, 0) is 0 Å². The van der Waals surface area contributed by atoms with E-state index >= 15 is 0 Å². The third-order valence-electron chi connectivity index (χ3n) is 2.72. The Morgan fingerprint density at radius 1 is 1.45 bits per heavy atom. The normalized spacial score (nSPS) is 11.7. The highest BCUT2D eigenvalue weighted by Gasteiger charge is 2.15. The molecular weight excluding hydrogens is 325 g/mol. The maximum atomic E-state index is 13.3. The SMILES string of the molecule is C[C@H](Oc1cc(Br)cnc1N)c1cc(F)ccc1C#N. The summed E-state index contributed by atoms with van der Waals surface area (Å²) in [7, 11) is 0. The van der Waals surface area contributed by atoms with Crippen molar-refractivity contribution in [2.45, 2.75) is 13.0 Å². The Labute approximate surface area is 124 Å². The Balaban J connectivity index is 2.33. The van der Waals surface area contributed by atoms with Crippen LogP contribution in [0.25, 0.3) is 0 Å². The molecule has 0 saturated heterocycles. The number of nitriles is 1. The summed E-state index contributed by atoms with van der Waals surface area (Å²) >= 11 is 3.27. The Morgan fingerprint density at radius 3 is 2.90 bits per heavy atom. The maximum absolute atomic E-state index is 13.3. The smallest absolute Gasteiger partial charge is 0.166 e. The molecule has 1 aromatic heterocycles. The Morgan fingerprint density at radius 2 is 2.20 bits per heavy atom. The summed E-state index contributed by atoms with van der Waals surface area (Å²) in [4.78, 5) is 3.95. The van der Waals surface area contributed by atoms with Crippen molar-refractivity contribution in [2.24, 2.45) is 0 Å². The van der Waals surface area contributed by atoms with E-state index in [9.17, 15) is 4.39 Å². The van der Waals surface area contributed by atoms with Crippen LogP contribution in [0.3, 0.4) is 0 Å². The first-order valence-electron chi connectivity index (χ1n) is 5.78. The number of anilines is 1. The standard InChI is InChI=1S/C14H11BrFN3O/c1-8(12-5-11(16)3-2-9(12)6-17)20-13-4-10(15)7-19-14(13)18/h2-5,7-8H,1H3,(H2,18,19)/t8-/m0/s1. The highest BCUT2D eigenvalue weighted by atomic mass is 79.9. The lowest BCUT2D eigenvalue weighted by Gasteiger charge is -2.17. The summed E-state index contributed by atoms with van der Waals surface area (Å²) in [6.45, 7) is 1.72. The molecule has 1 heterocycles. The lowest BCUT2D eigenvalue weighted by atomic mass is 10.0. The molecule has 2 N–H and O–H groups in total. The number of nitrogen functional groups attached to an aromatic ring is 1. The lowest BCUT2D eigenvalue weighted by Crippen LogP contribution is -2.08. The topological polar surface area (TPSA) is 71.9 Å². The molecule has 0 bridgehead atoms. The molecule has 2 rings (SSSR count). The summed E-state index contributed by atoms with van der Waals surface area (Å²) in [6.07, 6.45) is 1.02. The van der Waals surface area contributed by atoms with Gasteiger partial charge >= 0.3 is 0 Å². The van der Waals surface area contributed by atoms with Gasteiger partial charge in [-0.05, 0) is 47.1 Å². The Hall–Kier alpha value is -2.13. The van der Waals surface area contributed by atoms with Crippen LogP contribution in [-0.4, -0.2) is 4.98 Å². The number of rotatable bonds is 3. The fourth-order valence-electron chi connectivity index (χ4n) is 1.75. The van der Waals surface area contributed by atoms with Crippen molar-refractivity contribution < 1.29 is 9.13 Å². The number of aromatic nitrogens is 1. The number of halogens is 2. The van der Waals surface area contributed by atoms with Gasteiger partial charge in [-0.15, -0.1) is 0 Å². The number of benzene rings is 1. The van der Waals surface area contributed by atoms with Gasteiger partial charge < -0.3 is 10.5 Å². The molecule has 6 heteroatoms. The van der Waals surface area contributed by atoms with Gasteiger partial charge in [0.25, 0.3) is 0 Å². The monoisotopic (exact) mass is 335 g/mol. The third kappa shape index (κ3) is 3.06. The number of nitrogens with zero attached hydrogens (tertiary/aromatic N) is 2. The van der Waals surface area contributed by atoms with E-state index in [4.69, 9.17) is 15.7 Å². The molecule has 0 aliphatic rings. The number of hydrogen-bond donors (Lipinski definition) is 1. The molecule has 0 spiro atoms. The molecule has 2 aromatic rings. The predicted octanol–water partition coefficient (Wildman–Crippen LogP) is 3.58. The van der Waals surface area contributed by atoms with E-state index in [2.05, 4.69) is 20.9 Å². The molecule has 0 amide bonds. The van der Waals surface area contributed by atoms with Crippen molar-refractivity contribution >= 4 is 21.7 Å². The fourth-order valence-corrected chi connectivity index (χ4v) is 2.06. The van der Waals surface area contributed by atoms with E-state index < -0.39 is 11.9 Å². The minimum atomic E-state index is -0.529. The van der Waals surface area contributed by atoms with Crippen molar-refractivity contribution in [3.8, 4) is 11.8 Å². The second-order valence-corrected chi connectivity index (χ2v) is 5.06. The molecule has 0 radical (unpaired) electrons. The van der Waals surface area contributed by atoms with Crippen LogP contribution in [0.2, 0.25) is 0 Å². The second kappa shape index (κ2) is 5.88. The van der Waals surface area contributed by atoms with E-state index in [1.165, 1.54) is 18.2 Å². The maximum Gasteiger partial charge on any atom is 0.166 e. The first-order chi connectivity index (χ1) is 9.51. The Kier molecular flexibility index (Phi) is 4.20. The van der Waals surface area contributed by atoms with Crippen LogP contribution in [0.5, 0.6) is 5.75 Å². The number of ether oxygens (including phenoxy) is 1. The van der Waals surface area contributed by atoms with Gasteiger partial charge in [0.15, 0.2) is 11.6 Å². The van der Waals surface area contributed by atoms with Crippen LogP contribution < -0.4 is 10.5 Å². The largest absolute Gasteiger partial charge is 0.482 e. The van der Waals surface area contributed by atoms with Crippen LogP contribution in [0.4, 0.5) is 10.2 Å². The molecular formula is C14H11BrFN3O. The molecule has 4 nitrogen and oxygen atoms in total. The van der Waals surface area contributed by atoms with Gasteiger partial charge in [0.05, 0.1) is 11.6 Å². The first-order valence-corrected chi connectivity index (χ1v) is 6.57. The van der Waals surface area contributed by atoms with Gasteiger partial charge in [0.2, 0.25) is 0 Å². The van der Waals surface area contributed by atoms with Crippen molar-refractivity contribution in [1.82, 2.24) is 4.98 Å². The molecule has 0 unspecified atom stereocenters. The molecule has 0 aliphatic heterocycles. The molecule has 20 heavy (non-hydrogen) atoms. The molecule has 1 aromatic carbocycles. The van der Waals surface area contributed by atoms with Gasteiger partial charge in [-0.1, -0.05) is 0 Å². The molecule has 102 valence electrons. The van der Waals surface area contributed by atoms with Gasteiger partial charge in [-0.3, -0.25) is 0 Å². The van der Waals surface area contributed by atoms with Crippen LogP contribution in [0.1, 0.15) is 24.2 Å². The van der Waals surface area contributed by atoms with Crippen LogP contribution in [0, 0.1) is 17.1 Å². The second-order valence-electron chi connectivity index (χ2n) is 4.14. The molecule has 0 aliphatic carbocycles. The first kappa shape index (κ1) is 14.3. The molecule has 0 saturated carbocycles. The third-order valence-corrected chi connectivity index (χ3v) is 3.16. The highest BCUT2D eigenvalue weighted by Crippen LogP contribution is 2.29. The number of hydrogen-bond acceptors (Lipinski definition) is 4. The van der Waals surface area contributed by atoms with Gasteiger partial charge in [-0.2, -0.15) is 5.26 Å². The van der Waals surface area contributed by atoms with Crippen molar-refractivity contribution in [3.05, 3.63) is 51.9 Å². The van der Waals surface area contributed by atoms with Crippen molar-refractivity contribution in [1.29, 1.82) is 5.26 Å². The van der Waals surface area contributed by atoms with E-state index in [-0.39, 0.29) is 5.82 Å². The van der Waals surface area contributed by atoms with Gasteiger partial charge in [0.1, 0.15) is 11.9 Å². The van der Waals surface area contributed by atoms with E-state index in [0.717, 1.165) is 0 Å².